The molecule has 2 atom stereocenters. The highest BCUT2D eigenvalue weighted by Gasteiger charge is 2.19. The second kappa shape index (κ2) is 9.18. The van der Waals surface area contributed by atoms with Crippen LogP contribution in [0.1, 0.15) is 50.0 Å². The van der Waals surface area contributed by atoms with Gasteiger partial charge in [0.2, 0.25) is 0 Å². The van der Waals surface area contributed by atoms with Gasteiger partial charge in [-0.05, 0) is 46.8 Å². The predicted octanol–water partition coefficient (Wildman–Crippen LogP) is 3.80. The van der Waals surface area contributed by atoms with Crippen LogP contribution in [0.5, 0.6) is 0 Å². The van der Waals surface area contributed by atoms with Crippen LogP contribution in [0.25, 0.3) is 0 Å². The Morgan fingerprint density at radius 2 is 1.52 bits per heavy atom. The van der Waals surface area contributed by atoms with Crippen molar-refractivity contribution in [1.29, 1.82) is 0 Å². The van der Waals surface area contributed by atoms with Crippen molar-refractivity contribution in [2.75, 3.05) is 13.1 Å². The Morgan fingerprint density at radius 3 is 2.04 bits per heavy atom. The van der Waals surface area contributed by atoms with Crippen LogP contribution in [-0.2, 0) is 9.47 Å². The molecule has 0 aliphatic heterocycles. The number of hydrogen-bond acceptors (Lipinski definition) is 4. The number of hydrogen-bond donors (Lipinski definition) is 0. The summed E-state index contributed by atoms with van der Waals surface area (Å²) in [6.07, 6.45) is -0.517. The zero-order valence-electron chi connectivity index (χ0n) is 14.7. The molecule has 0 aliphatic rings. The standard InChI is InChI=1S/C18H27NO4/c1-6-19(7-2)18(21)23-15(5)12-14(4)22-17(20)16-10-8-13(3)9-11-16/h8-11,14-15H,6-7,12H2,1-5H3. The van der Waals surface area contributed by atoms with Crippen molar-refractivity contribution < 1.29 is 19.1 Å². The fraction of sp³-hybridized carbons (Fsp3) is 0.556. The lowest BCUT2D eigenvalue weighted by atomic mass is 10.1. The Labute approximate surface area is 138 Å². The SMILES string of the molecule is CCN(CC)C(=O)OC(C)CC(C)OC(=O)c1ccc(C)cc1. The first kappa shape index (κ1) is 19.0. The average Bonchev–Trinajstić information content (AvgIpc) is 2.48. The largest absolute Gasteiger partial charge is 0.459 e. The van der Waals surface area contributed by atoms with Crippen molar-refractivity contribution in [3.8, 4) is 0 Å². The molecular weight excluding hydrogens is 294 g/mol. The topological polar surface area (TPSA) is 55.8 Å². The number of amides is 1. The average molecular weight is 321 g/mol. The molecule has 1 aromatic rings. The molecule has 5 heteroatoms. The highest BCUT2D eigenvalue weighted by atomic mass is 16.6. The van der Waals surface area contributed by atoms with Crippen LogP contribution in [0.3, 0.4) is 0 Å². The highest BCUT2D eigenvalue weighted by molar-refractivity contribution is 5.89. The minimum atomic E-state index is -0.361. The minimum Gasteiger partial charge on any atom is -0.459 e. The van der Waals surface area contributed by atoms with E-state index in [1.807, 2.05) is 32.9 Å². The molecule has 5 nitrogen and oxygen atoms in total. The Balaban J connectivity index is 2.46. The maximum atomic E-state index is 12.0. The Hall–Kier alpha value is -2.04. The van der Waals surface area contributed by atoms with Crippen LogP contribution in [0.15, 0.2) is 24.3 Å². The van der Waals surface area contributed by atoms with E-state index in [1.165, 1.54) is 0 Å². The van der Waals surface area contributed by atoms with E-state index in [9.17, 15) is 9.59 Å². The predicted molar refractivity (Wildman–Crippen MR) is 89.5 cm³/mol. The number of esters is 1. The van der Waals surface area contributed by atoms with E-state index < -0.39 is 0 Å². The van der Waals surface area contributed by atoms with Crippen molar-refractivity contribution >= 4 is 12.1 Å². The quantitative estimate of drug-likeness (QED) is 0.717. The van der Waals surface area contributed by atoms with Crippen molar-refractivity contribution in [2.45, 2.75) is 53.2 Å². The molecule has 23 heavy (non-hydrogen) atoms. The smallest absolute Gasteiger partial charge is 0.410 e. The van der Waals surface area contributed by atoms with Gasteiger partial charge in [-0.1, -0.05) is 17.7 Å². The molecule has 1 rings (SSSR count). The molecule has 2 unspecified atom stereocenters. The number of rotatable bonds is 7. The van der Waals surface area contributed by atoms with Gasteiger partial charge in [-0.2, -0.15) is 0 Å². The van der Waals surface area contributed by atoms with Gasteiger partial charge >= 0.3 is 12.1 Å². The van der Waals surface area contributed by atoms with Crippen LogP contribution < -0.4 is 0 Å². The number of carbonyl (C=O) groups excluding carboxylic acids is 2. The van der Waals surface area contributed by atoms with E-state index in [-0.39, 0.29) is 24.3 Å². The molecule has 0 N–H and O–H groups in total. The van der Waals surface area contributed by atoms with Crippen LogP contribution in [-0.4, -0.2) is 42.3 Å². The molecule has 1 aromatic carbocycles. The summed E-state index contributed by atoms with van der Waals surface area (Å²) in [7, 11) is 0. The lowest BCUT2D eigenvalue weighted by Crippen LogP contribution is -2.34. The van der Waals surface area contributed by atoms with Gasteiger partial charge in [0.15, 0.2) is 0 Å². The van der Waals surface area contributed by atoms with E-state index in [0.29, 0.717) is 25.1 Å². The number of aryl methyl sites for hydroxylation is 1. The lowest BCUT2D eigenvalue weighted by molar-refractivity contribution is 0.0141. The maximum absolute atomic E-state index is 12.0. The molecule has 0 fully saturated rings. The fourth-order valence-electron chi connectivity index (χ4n) is 2.23. The number of ether oxygens (including phenoxy) is 2. The summed E-state index contributed by atoms with van der Waals surface area (Å²) in [6.45, 7) is 10.6. The molecule has 0 aromatic heterocycles. The monoisotopic (exact) mass is 321 g/mol. The third-order valence-electron chi connectivity index (χ3n) is 3.58. The second-order valence-electron chi connectivity index (χ2n) is 5.68. The van der Waals surface area contributed by atoms with E-state index in [4.69, 9.17) is 9.47 Å². The van der Waals surface area contributed by atoms with Crippen molar-refractivity contribution in [1.82, 2.24) is 4.90 Å². The number of nitrogens with zero attached hydrogens (tertiary/aromatic N) is 1. The van der Waals surface area contributed by atoms with Gasteiger partial charge in [-0.3, -0.25) is 0 Å². The molecule has 0 radical (unpaired) electrons. The molecule has 128 valence electrons. The van der Waals surface area contributed by atoms with Gasteiger partial charge in [-0.15, -0.1) is 0 Å². The number of carbonyl (C=O) groups is 2. The lowest BCUT2D eigenvalue weighted by Gasteiger charge is -2.23. The third-order valence-corrected chi connectivity index (χ3v) is 3.58. The highest BCUT2D eigenvalue weighted by Crippen LogP contribution is 2.11. The first-order valence-corrected chi connectivity index (χ1v) is 8.10. The van der Waals surface area contributed by atoms with E-state index in [2.05, 4.69) is 0 Å². The van der Waals surface area contributed by atoms with E-state index in [0.717, 1.165) is 5.56 Å². The Bertz CT molecular complexity index is 508. The van der Waals surface area contributed by atoms with Gasteiger partial charge in [0, 0.05) is 19.5 Å². The summed E-state index contributed by atoms with van der Waals surface area (Å²) in [6, 6.07) is 7.23. The second-order valence-corrected chi connectivity index (χ2v) is 5.68. The van der Waals surface area contributed by atoms with Crippen LogP contribution in [0.2, 0.25) is 0 Å². The Kier molecular flexibility index (Phi) is 7.59. The summed E-state index contributed by atoms with van der Waals surface area (Å²) in [5.74, 6) is -0.361. The van der Waals surface area contributed by atoms with Crippen molar-refractivity contribution in [2.24, 2.45) is 0 Å². The molecule has 0 aliphatic carbocycles. The Morgan fingerprint density at radius 1 is 1.00 bits per heavy atom. The molecule has 0 heterocycles. The fourth-order valence-corrected chi connectivity index (χ4v) is 2.23. The molecule has 0 saturated carbocycles. The van der Waals surface area contributed by atoms with Crippen LogP contribution >= 0.6 is 0 Å². The number of benzene rings is 1. The minimum absolute atomic E-state index is 0.316. The van der Waals surface area contributed by atoms with Crippen molar-refractivity contribution in [3.63, 3.8) is 0 Å². The summed E-state index contributed by atoms with van der Waals surface area (Å²) < 4.78 is 10.8. The summed E-state index contributed by atoms with van der Waals surface area (Å²) in [5, 5.41) is 0. The molecule has 0 spiro atoms. The van der Waals surface area contributed by atoms with Crippen molar-refractivity contribution in [3.05, 3.63) is 35.4 Å². The molecule has 0 bridgehead atoms. The maximum Gasteiger partial charge on any atom is 0.410 e. The van der Waals surface area contributed by atoms with Crippen LogP contribution in [0, 0.1) is 6.92 Å². The van der Waals surface area contributed by atoms with Gasteiger partial charge in [0.05, 0.1) is 5.56 Å². The molecular formula is C18H27NO4. The van der Waals surface area contributed by atoms with Gasteiger partial charge in [0.1, 0.15) is 12.2 Å². The van der Waals surface area contributed by atoms with Gasteiger partial charge in [-0.25, -0.2) is 9.59 Å². The molecule has 0 saturated heterocycles. The zero-order valence-corrected chi connectivity index (χ0v) is 14.7. The normalized spacial score (nSPS) is 13.1. The van der Waals surface area contributed by atoms with E-state index >= 15 is 0 Å². The van der Waals surface area contributed by atoms with Crippen LogP contribution in [0.4, 0.5) is 4.79 Å². The van der Waals surface area contributed by atoms with Gasteiger partial charge < -0.3 is 14.4 Å². The first-order valence-electron chi connectivity index (χ1n) is 8.10. The summed E-state index contributed by atoms with van der Waals surface area (Å²) in [5.41, 5.74) is 1.61. The van der Waals surface area contributed by atoms with Gasteiger partial charge in [0.25, 0.3) is 0 Å². The summed E-state index contributed by atoms with van der Waals surface area (Å²) in [4.78, 5) is 25.5. The first-order chi connectivity index (χ1) is 10.9. The summed E-state index contributed by atoms with van der Waals surface area (Å²) >= 11 is 0. The molecule has 1 amide bonds. The van der Waals surface area contributed by atoms with E-state index in [1.54, 1.807) is 30.9 Å². The third kappa shape index (κ3) is 6.30. The zero-order chi connectivity index (χ0) is 17.4.